The summed E-state index contributed by atoms with van der Waals surface area (Å²) in [5.41, 5.74) is 9.57. The van der Waals surface area contributed by atoms with Crippen molar-refractivity contribution in [1.82, 2.24) is 101 Å². The van der Waals surface area contributed by atoms with E-state index in [1.54, 1.807) is 86.9 Å². The van der Waals surface area contributed by atoms with Crippen LogP contribution in [0.2, 0.25) is 0 Å². The number of hydrogen-bond donors (Lipinski definition) is 5. The van der Waals surface area contributed by atoms with E-state index in [9.17, 15) is 0 Å². The van der Waals surface area contributed by atoms with Gasteiger partial charge in [-0.3, -0.25) is 30.0 Å². The van der Waals surface area contributed by atoms with Gasteiger partial charge in [-0.1, -0.05) is 204 Å². The van der Waals surface area contributed by atoms with Gasteiger partial charge in [0.05, 0.1) is 5.69 Å². The lowest BCUT2D eigenvalue weighted by Crippen LogP contribution is -2.14. The number of imidazole rings is 2. The summed E-state index contributed by atoms with van der Waals surface area (Å²) in [4.78, 5) is 53.9. The quantitative estimate of drug-likeness (QED) is 0.0944. The summed E-state index contributed by atoms with van der Waals surface area (Å²) >= 11 is 0. The molecule has 0 spiro atoms. The van der Waals surface area contributed by atoms with Crippen molar-refractivity contribution in [2.24, 2.45) is 0 Å². The first kappa shape index (κ1) is 87.7. The van der Waals surface area contributed by atoms with Gasteiger partial charge in [-0.2, -0.15) is 10.3 Å². The zero-order chi connectivity index (χ0) is 75.2. The number of nitrogens with zero attached hydrogens (tertiary/aromatic N) is 15. The standard InChI is InChI=1S/C9H13N.3C8H12N2.C8H13N.3C7H12N2.2C6H7N.C5H10N4/c1-9(2,3)8-5-4-6-10-7-8;1-8(2,3)7-6-9-4-5-10-7;1-8(2,3)7-4-5-9-6-10-7;1-8(2,3)7-9-5-4-6-10-7;1-8(2,3)7-5-4-6-9-7;2*1-7(2,3)6-8-4-5-9-6;1-7(2,3)6-4-5-8-9-6;1-6-2-4-7-5-3-6;1-6-4-2-3-5-7-6;1-5(2,3)4-6-8-9-7-4/h4-7H,1-3H3;3*4-6H,1-3H3;4-6,9H,1-3H3;3*4-5H,1-3H3,(H,8,9);2*2-5H,1H3;1-3H3,(H,6,7,8,9). The number of aromatic nitrogens is 20. The first-order valence-corrected chi connectivity index (χ1v) is 33.6. The van der Waals surface area contributed by atoms with E-state index in [1.165, 1.54) is 22.5 Å². The highest BCUT2D eigenvalue weighted by Crippen LogP contribution is 2.23. The van der Waals surface area contributed by atoms with Crippen molar-refractivity contribution in [3.8, 4) is 0 Å². The molecule has 0 aliphatic rings. The maximum Gasteiger partial charge on any atom is 0.179 e. The zero-order valence-corrected chi connectivity index (χ0v) is 65.5. The Morgan fingerprint density at radius 3 is 1.10 bits per heavy atom. The van der Waals surface area contributed by atoms with Gasteiger partial charge >= 0.3 is 0 Å². The summed E-state index contributed by atoms with van der Waals surface area (Å²) in [6, 6.07) is 23.8. The van der Waals surface area contributed by atoms with Crippen LogP contribution in [-0.2, 0) is 48.7 Å². The molecular weight excluding hydrogens is 1230 g/mol. The van der Waals surface area contributed by atoms with Crippen LogP contribution in [0.25, 0.3) is 0 Å². The Labute approximate surface area is 594 Å². The molecule has 0 aromatic carbocycles. The molecule has 0 amide bonds. The van der Waals surface area contributed by atoms with Crippen LogP contribution in [0.4, 0.5) is 0 Å². The van der Waals surface area contributed by atoms with Crippen LogP contribution in [0.1, 0.15) is 250 Å². The molecule has 0 bridgehead atoms. The van der Waals surface area contributed by atoms with Crippen LogP contribution >= 0.6 is 0 Å². The lowest BCUT2D eigenvalue weighted by molar-refractivity contribution is 0.545. The van der Waals surface area contributed by atoms with Crippen molar-refractivity contribution >= 4 is 0 Å². The maximum atomic E-state index is 4.19. The Morgan fingerprint density at radius 1 is 0.313 bits per heavy atom. The summed E-state index contributed by atoms with van der Waals surface area (Å²) in [7, 11) is 0. The van der Waals surface area contributed by atoms with E-state index in [2.05, 4.69) is 279 Å². The van der Waals surface area contributed by atoms with Gasteiger partial charge in [-0.05, 0) is 91.1 Å². The van der Waals surface area contributed by atoms with Gasteiger partial charge in [0.15, 0.2) is 5.82 Å². The lowest BCUT2D eigenvalue weighted by Gasteiger charge is -2.17. The zero-order valence-electron chi connectivity index (χ0n) is 65.5. The Kier molecular flexibility index (Phi) is 37.0. The third kappa shape index (κ3) is 40.9. The average Bonchev–Trinajstić information content (AvgIpc) is 1.23. The molecule has 99 heavy (non-hydrogen) atoms. The van der Waals surface area contributed by atoms with Crippen LogP contribution in [0.15, 0.2) is 184 Å². The molecule has 0 unspecified atom stereocenters. The summed E-state index contributed by atoms with van der Waals surface area (Å²) in [5.74, 6) is 3.74. The van der Waals surface area contributed by atoms with Crippen molar-refractivity contribution in [2.75, 3.05) is 0 Å². The van der Waals surface area contributed by atoms with Crippen molar-refractivity contribution in [2.45, 2.75) is 250 Å². The number of aromatic amines is 5. The predicted molar refractivity (Wildman–Crippen MR) is 407 cm³/mol. The van der Waals surface area contributed by atoms with Gasteiger partial charge in [0, 0.05) is 171 Å². The van der Waals surface area contributed by atoms with E-state index < -0.39 is 0 Å². The minimum Gasteiger partial charge on any atom is -0.365 e. The molecule has 538 valence electrons. The van der Waals surface area contributed by atoms with Crippen LogP contribution in [0.5, 0.6) is 0 Å². The molecule has 11 aromatic heterocycles. The normalized spacial score (nSPS) is 11.3. The number of aryl methyl sites for hydroxylation is 2. The predicted octanol–water partition coefficient (Wildman–Crippen LogP) is 18.4. The fraction of sp³-hybridized carbons (Fsp3) is 0.481. The minimum absolute atomic E-state index is 0.00694. The maximum absolute atomic E-state index is 4.19. The van der Waals surface area contributed by atoms with Gasteiger partial charge in [0.25, 0.3) is 0 Å². The molecule has 0 radical (unpaired) electrons. The molecule has 5 N–H and O–H groups in total. The Hall–Kier alpha value is -9.33. The molecule has 11 aromatic rings. The second-order valence-corrected chi connectivity index (χ2v) is 32.4. The van der Waals surface area contributed by atoms with Crippen molar-refractivity contribution in [1.29, 1.82) is 0 Å². The fourth-order valence-electron chi connectivity index (χ4n) is 7.09. The SMILES string of the molecule is CC(C)(C)c1ccc[nH]1.CC(C)(C)c1cccnc1.CC(C)(C)c1ccn[nH]1.CC(C)(C)c1ccncn1.CC(C)(C)c1cnccn1.CC(C)(C)c1ncc[nH]1.CC(C)(C)c1ncc[nH]1.CC(C)(C)c1ncccn1.CC(C)(C)c1nn[nH]n1.Cc1ccccn1.Cc1ccncc1. The highest BCUT2D eigenvalue weighted by atomic mass is 15.5. The number of hydrogen-bond acceptors (Lipinski definition) is 15. The van der Waals surface area contributed by atoms with E-state index in [-0.39, 0.29) is 48.7 Å². The smallest absolute Gasteiger partial charge is 0.179 e. The number of nitrogens with one attached hydrogen (secondary N) is 5. The van der Waals surface area contributed by atoms with Crippen LogP contribution < -0.4 is 0 Å². The third-order valence-corrected chi connectivity index (χ3v) is 13.3. The molecule has 0 aliphatic heterocycles. The first-order valence-electron chi connectivity index (χ1n) is 33.6. The molecule has 0 aliphatic carbocycles. The van der Waals surface area contributed by atoms with E-state index >= 15 is 0 Å². The Morgan fingerprint density at radius 2 is 0.859 bits per heavy atom. The number of H-pyrrole nitrogens is 5. The summed E-state index contributed by atoms with van der Waals surface area (Å²) in [6.07, 6.45) is 32.2. The molecular formula is C79H122N20. The lowest BCUT2D eigenvalue weighted by atomic mass is 9.88. The van der Waals surface area contributed by atoms with Crippen LogP contribution in [0.3, 0.4) is 0 Å². The molecule has 0 fully saturated rings. The van der Waals surface area contributed by atoms with Gasteiger partial charge in [-0.25, -0.2) is 29.9 Å². The number of tetrazole rings is 1. The minimum atomic E-state index is 0.00694. The van der Waals surface area contributed by atoms with Gasteiger partial charge in [0.1, 0.15) is 23.8 Å². The van der Waals surface area contributed by atoms with E-state index in [4.69, 9.17) is 0 Å². The van der Waals surface area contributed by atoms with Crippen molar-refractivity contribution in [3.05, 3.63) is 247 Å². The summed E-state index contributed by atoms with van der Waals surface area (Å²) in [6.45, 7) is 61.6. The highest BCUT2D eigenvalue weighted by Gasteiger charge is 2.20. The molecule has 11 heterocycles. The number of pyridine rings is 3. The average molecular weight is 1350 g/mol. The monoisotopic (exact) mass is 1350 g/mol. The molecule has 20 nitrogen and oxygen atoms in total. The molecule has 0 saturated heterocycles. The first-order chi connectivity index (χ1) is 45.7. The fourth-order valence-corrected chi connectivity index (χ4v) is 7.09. The molecule has 0 atom stereocenters. The van der Waals surface area contributed by atoms with Gasteiger partial charge < -0.3 is 15.0 Å². The Bertz CT molecular complexity index is 3120. The van der Waals surface area contributed by atoms with E-state index in [0.29, 0.717) is 0 Å². The largest absolute Gasteiger partial charge is 0.365 e. The van der Waals surface area contributed by atoms with E-state index in [0.717, 1.165) is 40.4 Å². The summed E-state index contributed by atoms with van der Waals surface area (Å²) < 4.78 is 0. The van der Waals surface area contributed by atoms with Gasteiger partial charge in [0.2, 0.25) is 0 Å². The van der Waals surface area contributed by atoms with E-state index in [1.807, 2.05) is 120 Å². The van der Waals surface area contributed by atoms with Crippen LogP contribution in [-0.4, -0.2) is 101 Å². The third-order valence-electron chi connectivity index (χ3n) is 13.3. The van der Waals surface area contributed by atoms with Crippen molar-refractivity contribution < 1.29 is 0 Å². The molecule has 11 rings (SSSR count). The molecule has 20 heteroatoms. The van der Waals surface area contributed by atoms with Crippen molar-refractivity contribution in [3.63, 3.8) is 0 Å². The second-order valence-electron chi connectivity index (χ2n) is 32.4. The topological polar surface area (TPSA) is 272 Å². The Balaban J connectivity index is 0.000000545. The molecule has 0 saturated carbocycles. The van der Waals surface area contributed by atoms with Gasteiger partial charge in [-0.15, -0.1) is 10.2 Å². The van der Waals surface area contributed by atoms with Crippen LogP contribution in [0, 0.1) is 13.8 Å². The summed E-state index contributed by atoms with van der Waals surface area (Å²) in [5, 5.41) is 20.3. The number of rotatable bonds is 0. The second kappa shape index (κ2) is 41.8. The highest BCUT2D eigenvalue weighted by molar-refractivity contribution is 5.18.